The summed E-state index contributed by atoms with van der Waals surface area (Å²) in [6, 6.07) is 42.1. The minimum atomic E-state index is -0.512. The van der Waals surface area contributed by atoms with Crippen molar-refractivity contribution in [2.75, 3.05) is 7.11 Å². The van der Waals surface area contributed by atoms with E-state index in [1.165, 1.54) is 97.7 Å². The molecule has 7 rings (SSSR count). The molecule has 0 saturated heterocycles. The van der Waals surface area contributed by atoms with Crippen molar-refractivity contribution in [3.05, 3.63) is 163 Å². The zero-order valence-corrected chi connectivity index (χ0v) is 40.5. The Morgan fingerprint density at radius 2 is 1.33 bits per heavy atom. The number of methoxy groups -OCH3 is 1. The van der Waals surface area contributed by atoms with Gasteiger partial charge < -0.3 is 19.1 Å². The zero-order chi connectivity index (χ0) is 40.0. The number of allylic oxidation sites excluding steroid dienone is 1. The van der Waals surface area contributed by atoms with Crippen molar-refractivity contribution in [3.8, 4) is 28.0 Å². The van der Waals surface area contributed by atoms with Gasteiger partial charge in [-0.3, -0.25) is 0 Å². The summed E-state index contributed by atoms with van der Waals surface area (Å²) in [6.07, 6.45) is 9.65. The van der Waals surface area contributed by atoms with Gasteiger partial charge in [0.25, 0.3) is 0 Å². The minimum absolute atomic E-state index is 0. The third-order valence-corrected chi connectivity index (χ3v) is 13.4. The summed E-state index contributed by atoms with van der Waals surface area (Å²) in [5.41, 5.74) is 14.8. The number of hydrogen-bond acceptors (Lipinski definition) is 1. The molecule has 1 atom stereocenters. The molecule has 6 aromatic carbocycles. The van der Waals surface area contributed by atoms with Crippen LogP contribution in [0.5, 0.6) is 5.75 Å². The van der Waals surface area contributed by atoms with Crippen LogP contribution >= 0.6 is 0 Å². The van der Waals surface area contributed by atoms with Crippen LogP contribution in [0.1, 0.15) is 119 Å². The smallest absolute Gasteiger partial charge is 0.496 e. The molecular formula is C55H66OSiZr. The van der Waals surface area contributed by atoms with Crippen molar-refractivity contribution >= 4 is 36.4 Å². The molecule has 0 saturated carbocycles. The van der Waals surface area contributed by atoms with E-state index >= 15 is 0 Å². The van der Waals surface area contributed by atoms with E-state index in [-0.39, 0.29) is 39.0 Å². The van der Waals surface area contributed by atoms with E-state index < -0.39 is 8.80 Å². The first-order valence-corrected chi connectivity index (χ1v) is 23.6. The fourth-order valence-corrected chi connectivity index (χ4v) is 10.9. The van der Waals surface area contributed by atoms with Gasteiger partial charge in [-0.15, -0.1) is 39.1 Å². The molecule has 300 valence electrons. The van der Waals surface area contributed by atoms with Crippen molar-refractivity contribution in [2.24, 2.45) is 0 Å². The summed E-state index contributed by atoms with van der Waals surface area (Å²) < 4.78 is 5.75. The summed E-state index contributed by atoms with van der Waals surface area (Å²) in [5, 5.41) is 4.50. The third-order valence-electron chi connectivity index (χ3n) is 11.9. The van der Waals surface area contributed by atoms with E-state index in [1.807, 2.05) is 0 Å². The van der Waals surface area contributed by atoms with Crippen LogP contribution in [0.25, 0.3) is 44.7 Å². The van der Waals surface area contributed by atoms with Crippen LogP contribution in [0.3, 0.4) is 0 Å². The number of rotatable bonds is 13. The second-order valence-corrected chi connectivity index (χ2v) is 19.1. The predicted molar refractivity (Wildman–Crippen MR) is 255 cm³/mol. The molecule has 1 nitrogen and oxygen atoms in total. The van der Waals surface area contributed by atoms with E-state index in [4.69, 9.17) is 11.7 Å². The molecule has 0 spiro atoms. The van der Waals surface area contributed by atoms with Crippen LogP contribution in [-0.2, 0) is 38.0 Å². The van der Waals surface area contributed by atoms with E-state index in [0.717, 1.165) is 18.6 Å². The molecule has 58 heavy (non-hydrogen) atoms. The van der Waals surface area contributed by atoms with Gasteiger partial charge in [0.1, 0.15) is 5.75 Å². The first kappa shape index (κ1) is 47.0. The predicted octanol–water partition coefficient (Wildman–Crippen LogP) is 15.4. The van der Waals surface area contributed by atoms with Gasteiger partial charge >= 0.3 is 26.2 Å². The molecule has 0 N–H and O–H groups in total. The number of benzene rings is 5. The van der Waals surface area contributed by atoms with E-state index in [1.54, 1.807) is 12.3 Å². The summed E-state index contributed by atoms with van der Waals surface area (Å²) in [6.45, 7) is 23.4. The van der Waals surface area contributed by atoms with E-state index in [9.17, 15) is 0 Å². The Morgan fingerprint density at radius 1 is 0.690 bits per heavy atom. The Kier molecular flexibility index (Phi) is 17.1. The summed E-state index contributed by atoms with van der Waals surface area (Å²) in [4.78, 5) is 0. The van der Waals surface area contributed by atoms with Crippen LogP contribution in [-0.4, -0.2) is 15.9 Å². The Hall–Kier alpha value is -3.65. The van der Waals surface area contributed by atoms with Gasteiger partial charge in [-0.25, -0.2) is 0 Å². The van der Waals surface area contributed by atoms with Gasteiger partial charge in [0.15, 0.2) is 0 Å². The SMILES string of the molecule is CCc1cc2c(-c3ccc(OC)c(C(C)C)c3C(C)C)cccc2[c-]1[Si](C)C.[CH2-]C1(CCCCCC)C(c2ccccc2-c2ccccc2)=Cc2ccccc21.[CH3-].[Zr+3]. The van der Waals surface area contributed by atoms with Crippen molar-refractivity contribution in [1.82, 2.24) is 0 Å². The quantitative estimate of drug-likeness (QED) is 0.0639. The summed E-state index contributed by atoms with van der Waals surface area (Å²) >= 11 is 0. The molecule has 0 heterocycles. The molecule has 0 aromatic heterocycles. The molecule has 0 bridgehead atoms. The molecular weight excluding hydrogens is 796 g/mol. The molecule has 6 aromatic rings. The van der Waals surface area contributed by atoms with Crippen molar-refractivity contribution in [2.45, 2.75) is 110 Å². The fourth-order valence-electron chi connectivity index (χ4n) is 9.25. The second kappa shape index (κ2) is 21.0. The molecule has 1 unspecified atom stereocenters. The second-order valence-electron chi connectivity index (χ2n) is 16.6. The van der Waals surface area contributed by atoms with Crippen LogP contribution in [0.2, 0.25) is 13.1 Å². The Bertz CT molecular complexity index is 2270. The Labute approximate surface area is 373 Å². The van der Waals surface area contributed by atoms with Gasteiger partial charge in [-0.05, 0) is 57.7 Å². The Balaban J connectivity index is 0.000000248. The maximum Gasteiger partial charge on any atom is 3.00 e. The number of hydrogen-bond donors (Lipinski definition) is 0. The molecule has 1 aliphatic rings. The van der Waals surface area contributed by atoms with Gasteiger partial charge in [-0.1, -0.05) is 201 Å². The summed E-state index contributed by atoms with van der Waals surface area (Å²) in [5.74, 6) is 1.88. The maximum absolute atomic E-state index is 5.75. The average molecular weight is 862 g/mol. The monoisotopic (exact) mass is 860 g/mol. The summed E-state index contributed by atoms with van der Waals surface area (Å²) in [7, 11) is 1.27. The van der Waals surface area contributed by atoms with Crippen molar-refractivity contribution in [3.63, 3.8) is 0 Å². The van der Waals surface area contributed by atoms with Gasteiger partial charge in [0.2, 0.25) is 0 Å². The van der Waals surface area contributed by atoms with Crippen molar-refractivity contribution in [1.29, 1.82) is 0 Å². The molecule has 0 amide bonds. The normalized spacial score (nSPS) is 14.5. The standard InChI is InChI=1S/C28H29.C26H34OSi.CH3.Zr/c1-3-4-5-13-20-28(2)26-19-12-9-16-23(26)21-27(28)25-18-11-10-17-24(25)22-14-7-6-8-15-22;1-9-18-15-22-19(11-10-12-21(22)26(18)28(7)8)20-13-14-23(27-6)25(17(4)5)24(20)16(2)3;;/h6-12,14-19,21H,2-5,13,20H2,1H3;10-17H,9H2,1-8H3;1H3;/q3*-1;+3. The zero-order valence-electron chi connectivity index (χ0n) is 37.1. The van der Waals surface area contributed by atoms with Crippen LogP contribution in [0.15, 0.2) is 115 Å². The molecule has 0 aliphatic heterocycles. The Morgan fingerprint density at radius 3 is 1.97 bits per heavy atom. The topological polar surface area (TPSA) is 9.23 Å². The van der Waals surface area contributed by atoms with Crippen LogP contribution in [0.4, 0.5) is 0 Å². The van der Waals surface area contributed by atoms with E-state index in [2.05, 4.69) is 176 Å². The first-order chi connectivity index (χ1) is 27.0. The molecule has 0 fully saturated rings. The minimum Gasteiger partial charge on any atom is -0.496 e. The van der Waals surface area contributed by atoms with Crippen LogP contribution in [0, 0.1) is 14.4 Å². The van der Waals surface area contributed by atoms with Gasteiger partial charge in [-0.2, -0.15) is 6.07 Å². The average Bonchev–Trinajstić information content (AvgIpc) is 3.75. The number of fused-ring (bicyclic) bond motifs is 2. The number of unbranched alkanes of at least 4 members (excludes halogenated alkanes) is 3. The van der Waals surface area contributed by atoms with Gasteiger partial charge in [0.05, 0.1) is 7.11 Å². The molecule has 1 aliphatic carbocycles. The van der Waals surface area contributed by atoms with Crippen molar-refractivity contribution < 1.29 is 30.9 Å². The fraction of sp³-hybridized carbons (Fsp3) is 0.327. The van der Waals surface area contributed by atoms with E-state index in [0.29, 0.717) is 11.8 Å². The third kappa shape index (κ3) is 9.53. The molecule has 2 radical (unpaired) electrons. The van der Waals surface area contributed by atoms with Gasteiger partial charge in [0, 0.05) is 14.4 Å². The molecule has 3 heteroatoms. The maximum atomic E-state index is 5.75. The largest absolute Gasteiger partial charge is 3.00 e. The first-order valence-electron chi connectivity index (χ1n) is 21.1. The number of ether oxygens (including phenoxy) is 1. The number of aryl methyl sites for hydroxylation is 1. The van der Waals surface area contributed by atoms with Crippen LogP contribution < -0.4 is 9.92 Å².